The first-order chi connectivity index (χ1) is 14.0. The molecule has 1 fully saturated rings. The lowest BCUT2D eigenvalue weighted by atomic mass is 10.1. The highest BCUT2D eigenvalue weighted by Crippen LogP contribution is 2.37. The van der Waals surface area contributed by atoms with Crippen LogP contribution >= 0.6 is 35.7 Å². The molecule has 0 N–H and O–H groups in total. The van der Waals surface area contributed by atoms with E-state index in [0.29, 0.717) is 15.0 Å². The van der Waals surface area contributed by atoms with Gasteiger partial charge in [0.05, 0.1) is 10.6 Å². The van der Waals surface area contributed by atoms with E-state index < -0.39 is 0 Å². The van der Waals surface area contributed by atoms with Gasteiger partial charge in [-0.3, -0.25) is 9.69 Å². The summed E-state index contributed by atoms with van der Waals surface area (Å²) in [6.07, 6.45) is 1.77. The van der Waals surface area contributed by atoms with Gasteiger partial charge in [0, 0.05) is 11.8 Å². The second-order valence-electron chi connectivity index (χ2n) is 6.79. The lowest BCUT2D eigenvalue weighted by Gasteiger charge is -2.16. The van der Waals surface area contributed by atoms with Crippen molar-refractivity contribution in [2.24, 2.45) is 0 Å². The van der Waals surface area contributed by atoms with E-state index in [1.165, 1.54) is 17.3 Å². The van der Waals surface area contributed by atoms with Crippen LogP contribution in [0.5, 0.6) is 0 Å². The summed E-state index contributed by atoms with van der Waals surface area (Å²) in [5.74, 6) is 1.38. The Balaban J connectivity index is 1.49. The van der Waals surface area contributed by atoms with E-state index in [4.69, 9.17) is 16.6 Å². The number of carbonyl (C=O) groups is 1. The number of aryl methyl sites for hydroxylation is 2. The van der Waals surface area contributed by atoms with Crippen molar-refractivity contribution in [1.82, 2.24) is 0 Å². The third kappa shape index (κ3) is 4.66. The molecule has 1 aromatic heterocycles. The van der Waals surface area contributed by atoms with E-state index in [-0.39, 0.29) is 5.91 Å². The highest BCUT2D eigenvalue weighted by molar-refractivity contribution is 8.27. The van der Waals surface area contributed by atoms with Crippen LogP contribution in [0.25, 0.3) is 6.08 Å². The van der Waals surface area contributed by atoms with Crippen LogP contribution in [-0.4, -0.2) is 10.2 Å². The predicted molar refractivity (Wildman–Crippen MR) is 126 cm³/mol. The zero-order valence-electron chi connectivity index (χ0n) is 16.0. The molecule has 6 heteroatoms. The number of carbonyl (C=O) groups excluding carboxylic acids is 1. The minimum Gasteiger partial charge on any atom is -0.450 e. The van der Waals surface area contributed by atoms with Gasteiger partial charge in [-0.15, -0.1) is 0 Å². The van der Waals surface area contributed by atoms with Crippen LogP contribution < -0.4 is 4.90 Å². The van der Waals surface area contributed by atoms with Gasteiger partial charge in [-0.1, -0.05) is 72.1 Å². The smallest absolute Gasteiger partial charge is 0.270 e. The highest BCUT2D eigenvalue weighted by atomic mass is 32.2. The number of thiocarbonyl (C=S) groups is 1. The zero-order valence-corrected chi connectivity index (χ0v) is 18.5. The molecule has 0 radical (unpaired) electrons. The summed E-state index contributed by atoms with van der Waals surface area (Å²) in [6.45, 7) is 4.03. The molecule has 1 aliphatic rings. The van der Waals surface area contributed by atoms with E-state index in [9.17, 15) is 4.79 Å². The number of rotatable bonds is 5. The molecule has 146 valence electrons. The van der Waals surface area contributed by atoms with Crippen molar-refractivity contribution in [3.8, 4) is 0 Å². The SMILES string of the molecule is Cc1cc(C)cc(N2C(=O)C(=Cc3ccc(SCc4ccccc4)o3)SC2=S)c1. The number of amides is 1. The first-order valence-corrected chi connectivity index (χ1v) is 11.3. The summed E-state index contributed by atoms with van der Waals surface area (Å²) in [4.78, 5) is 15.1. The lowest BCUT2D eigenvalue weighted by Crippen LogP contribution is -2.27. The van der Waals surface area contributed by atoms with Crippen LogP contribution in [0.1, 0.15) is 22.5 Å². The first kappa shape index (κ1) is 20.0. The molecule has 0 saturated carbocycles. The second kappa shape index (κ2) is 8.61. The highest BCUT2D eigenvalue weighted by Gasteiger charge is 2.33. The first-order valence-electron chi connectivity index (χ1n) is 9.12. The second-order valence-corrected chi connectivity index (χ2v) is 9.45. The van der Waals surface area contributed by atoms with Crippen molar-refractivity contribution in [2.75, 3.05) is 4.90 Å². The number of hydrogen-bond donors (Lipinski definition) is 0. The van der Waals surface area contributed by atoms with Crippen molar-refractivity contribution in [3.63, 3.8) is 0 Å². The summed E-state index contributed by atoms with van der Waals surface area (Å²) >= 11 is 8.41. The van der Waals surface area contributed by atoms with Gasteiger partial charge in [0.25, 0.3) is 5.91 Å². The van der Waals surface area contributed by atoms with Gasteiger partial charge >= 0.3 is 0 Å². The Morgan fingerprint density at radius 3 is 2.52 bits per heavy atom. The quantitative estimate of drug-likeness (QED) is 0.255. The minimum atomic E-state index is -0.111. The maximum Gasteiger partial charge on any atom is 0.270 e. The van der Waals surface area contributed by atoms with Crippen LogP contribution in [0.2, 0.25) is 0 Å². The molecule has 2 aromatic carbocycles. The summed E-state index contributed by atoms with van der Waals surface area (Å²) in [7, 11) is 0. The Labute approximate surface area is 184 Å². The van der Waals surface area contributed by atoms with Gasteiger partial charge in [-0.05, 0) is 54.8 Å². The molecule has 2 heterocycles. The van der Waals surface area contributed by atoms with Crippen molar-refractivity contribution in [3.05, 3.63) is 88.0 Å². The van der Waals surface area contributed by atoms with E-state index >= 15 is 0 Å². The Morgan fingerprint density at radius 2 is 1.79 bits per heavy atom. The maximum atomic E-state index is 13.0. The van der Waals surface area contributed by atoms with Crippen LogP contribution in [0.3, 0.4) is 0 Å². The number of thioether (sulfide) groups is 2. The Hall–Kier alpha value is -2.28. The van der Waals surface area contributed by atoms with Gasteiger partial charge in [0.2, 0.25) is 0 Å². The van der Waals surface area contributed by atoms with Crippen molar-refractivity contribution in [2.45, 2.75) is 24.7 Å². The Morgan fingerprint density at radius 1 is 1.07 bits per heavy atom. The summed E-state index contributed by atoms with van der Waals surface area (Å²) < 4.78 is 6.43. The fourth-order valence-electron chi connectivity index (χ4n) is 3.12. The largest absolute Gasteiger partial charge is 0.450 e. The predicted octanol–water partition coefficient (Wildman–Crippen LogP) is 6.59. The third-order valence-electron chi connectivity index (χ3n) is 4.36. The Bertz CT molecular complexity index is 1080. The fraction of sp³-hybridized carbons (Fsp3) is 0.130. The normalized spacial score (nSPS) is 15.5. The van der Waals surface area contributed by atoms with Crippen LogP contribution in [0.4, 0.5) is 5.69 Å². The summed E-state index contributed by atoms with van der Waals surface area (Å²) in [5, 5.41) is 0.824. The van der Waals surface area contributed by atoms with Gasteiger partial charge < -0.3 is 4.42 Å². The number of furan rings is 1. The Kier molecular flexibility index (Phi) is 5.94. The number of hydrogen-bond acceptors (Lipinski definition) is 5. The minimum absolute atomic E-state index is 0.111. The molecule has 29 heavy (non-hydrogen) atoms. The van der Waals surface area contributed by atoms with Crippen LogP contribution in [-0.2, 0) is 10.5 Å². The van der Waals surface area contributed by atoms with Crippen LogP contribution in [0, 0.1) is 13.8 Å². The monoisotopic (exact) mass is 437 g/mol. The van der Waals surface area contributed by atoms with Crippen molar-refractivity contribution >= 4 is 57.7 Å². The summed E-state index contributed by atoms with van der Waals surface area (Å²) in [5.41, 5.74) is 4.25. The number of benzene rings is 2. The third-order valence-corrected chi connectivity index (χ3v) is 6.64. The molecule has 0 atom stereocenters. The number of anilines is 1. The van der Waals surface area contributed by atoms with Gasteiger partial charge in [-0.25, -0.2) is 0 Å². The molecule has 3 aromatic rings. The molecule has 1 amide bonds. The average Bonchev–Trinajstić information content (AvgIpc) is 3.24. The lowest BCUT2D eigenvalue weighted by molar-refractivity contribution is -0.113. The van der Waals surface area contributed by atoms with E-state index in [2.05, 4.69) is 18.2 Å². The molecule has 1 aliphatic heterocycles. The molecule has 0 bridgehead atoms. The zero-order chi connectivity index (χ0) is 20.4. The molecule has 0 aliphatic carbocycles. The van der Waals surface area contributed by atoms with E-state index in [0.717, 1.165) is 27.7 Å². The van der Waals surface area contributed by atoms with Crippen molar-refractivity contribution < 1.29 is 9.21 Å². The molecule has 4 rings (SSSR count). The van der Waals surface area contributed by atoms with Gasteiger partial charge in [0.1, 0.15) is 5.76 Å². The average molecular weight is 438 g/mol. The van der Waals surface area contributed by atoms with E-state index in [1.54, 1.807) is 22.7 Å². The van der Waals surface area contributed by atoms with Gasteiger partial charge in [0.15, 0.2) is 9.41 Å². The van der Waals surface area contributed by atoms with Crippen LogP contribution in [0.15, 0.2) is 75.1 Å². The molecule has 0 unspecified atom stereocenters. The molecule has 3 nitrogen and oxygen atoms in total. The standard InChI is InChI=1S/C23H19NO2S3/c1-15-10-16(2)12-18(11-15)24-22(25)20(29-23(24)27)13-19-8-9-21(26-19)28-14-17-6-4-3-5-7-17/h3-13H,14H2,1-2H3. The molecule has 1 saturated heterocycles. The maximum absolute atomic E-state index is 13.0. The fourth-order valence-corrected chi connectivity index (χ4v) is 5.22. The molecule has 0 spiro atoms. The topological polar surface area (TPSA) is 33.5 Å². The van der Waals surface area contributed by atoms with Crippen molar-refractivity contribution in [1.29, 1.82) is 0 Å². The van der Waals surface area contributed by atoms with Gasteiger partial charge in [-0.2, -0.15) is 0 Å². The number of nitrogens with zero attached hydrogens (tertiary/aromatic N) is 1. The molecular formula is C23H19NO2S3. The van der Waals surface area contributed by atoms with E-state index in [1.807, 2.05) is 56.3 Å². The molecular weight excluding hydrogens is 418 g/mol. The summed E-state index contributed by atoms with van der Waals surface area (Å²) in [6, 6.07) is 20.1.